The molecule has 1 aromatic heterocycles. The summed E-state index contributed by atoms with van der Waals surface area (Å²) in [4.78, 5) is 39.2. The standard InChI is InChI=1S/C24H20F2N2O4/c1-3-24(4-2,12-20-22(30)28-23(31)32-20)17-7-8-19(27-21(17)29)13-5-6-16-14(9-13)10-15(25)11-18(16)26/h5-12H,3-4H2,1-2H3,(H,27,29)(H,28,30,31)/b20-12-. The van der Waals surface area contributed by atoms with Crippen molar-refractivity contribution in [3.8, 4) is 11.3 Å². The second kappa shape index (κ2) is 8.03. The number of H-pyrrole nitrogens is 1. The van der Waals surface area contributed by atoms with E-state index in [1.807, 2.05) is 19.2 Å². The maximum atomic E-state index is 14.0. The molecule has 0 atom stereocenters. The second-order valence-electron chi connectivity index (χ2n) is 7.65. The van der Waals surface area contributed by atoms with Gasteiger partial charge in [0.15, 0.2) is 5.76 Å². The molecule has 0 spiro atoms. The molecule has 164 valence electrons. The molecule has 3 aromatic rings. The van der Waals surface area contributed by atoms with Crippen LogP contribution in [0.1, 0.15) is 32.3 Å². The number of allylic oxidation sites excluding steroid dienone is 1. The normalized spacial score (nSPS) is 15.3. The smallest absolute Gasteiger partial charge is 0.404 e. The first-order chi connectivity index (χ1) is 15.3. The number of cyclic esters (lactones) is 1. The first kappa shape index (κ1) is 21.4. The lowest BCUT2D eigenvalue weighted by Gasteiger charge is -2.28. The Labute approximate surface area is 181 Å². The molecular weight excluding hydrogens is 418 g/mol. The van der Waals surface area contributed by atoms with Gasteiger partial charge < -0.3 is 9.72 Å². The van der Waals surface area contributed by atoms with E-state index in [0.29, 0.717) is 35.0 Å². The number of pyridine rings is 1. The fraction of sp³-hybridized carbons (Fsp3) is 0.208. The minimum atomic E-state index is -0.851. The number of carbonyl (C=O) groups is 2. The predicted octanol–water partition coefficient (Wildman–Crippen LogP) is 4.68. The molecular formula is C24H20F2N2O4. The first-order valence-electron chi connectivity index (χ1n) is 10.2. The second-order valence-corrected chi connectivity index (χ2v) is 7.65. The molecule has 0 saturated carbocycles. The van der Waals surface area contributed by atoms with Gasteiger partial charge in [-0.15, -0.1) is 0 Å². The van der Waals surface area contributed by atoms with Gasteiger partial charge in [0, 0.05) is 28.1 Å². The third-order valence-electron chi connectivity index (χ3n) is 5.93. The van der Waals surface area contributed by atoms with E-state index in [-0.39, 0.29) is 16.7 Å². The molecule has 0 aliphatic carbocycles. The Kier molecular flexibility index (Phi) is 5.38. The zero-order valence-corrected chi connectivity index (χ0v) is 17.4. The number of imide groups is 1. The number of nitrogens with one attached hydrogen (secondary N) is 2. The number of ether oxygens (including phenoxy) is 1. The number of carbonyl (C=O) groups excluding carboxylic acids is 2. The summed E-state index contributed by atoms with van der Waals surface area (Å²) in [5, 5.41) is 2.70. The van der Waals surface area contributed by atoms with Crippen LogP contribution in [0.4, 0.5) is 13.6 Å². The lowest BCUT2D eigenvalue weighted by Crippen LogP contribution is -2.31. The van der Waals surface area contributed by atoms with Crippen molar-refractivity contribution < 1.29 is 23.1 Å². The van der Waals surface area contributed by atoms with E-state index in [9.17, 15) is 23.2 Å². The minimum Gasteiger partial charge on any atom is -0.404 e. The Hall–Kier alpha value is -3.81. The monoisotopic (exact) mass is 438 g/mol. The Bertz CT molecular complexity index is 1340. The molecule has 2 heterocycles. The van der Waals surface area contributed by atoms with Gasteiger partial charge in [-0.1, -0.05) is 32.0 Å². The summed E-state index contributed by atoms with van der Waals surface area (Å²) in [6, 6.07) is 10.2. The Balaban J connectivity index is 1.78. The molecule has 1 saturated heterocycles. The molecule has 32 heavy (non-hydrogen) atoms. The lowest BCUT2D eigenvalue weighted by atomic mass is 9.75. The van der Waals surface area contributed by atoms with Gasteiger partial charge in [-0.25, -0.2) is 13.6 Å². The maximum absolute atomic E-state index is 14.0. The summed E-state index contributed by atoms with van der Waals surface area (Å²) in [6.45, 7) is 3.74. The van der Waals surface area contributed by atoms with E-state index >= 15 is 0 Å². The molecule has 1 aliphatic rings. The predicted molar refractivity (Wildman–Crippen MR) is 115 cm³/mol. The van der Waals surface area contributed by atoms with Crippen LogP contribution >= 0.6 is 0 Å². The topological polar surface area (TPSA) is 88.3 Å². The van der Waals surface area contributed by atoms with Crippen LogP contribution in [0.25, 0.3) is 22.0 Å². The molecule has 2 N–H and O–H groups in total. The molecule has 1 fully saturated rings. The van der Waals surface area contributed by atoms with Crippen LogP contribution in [0.15, 0.2) is 59.1 Å². The highest BCUT2D eigenvalue weighted by atomic mass is 19.1. The number of hydrogen-bond donors (Lipinski definition) is 2. The van der Waals surface area contributed by atoms with Crippen LogP contribution in [-0.2, 0) is 14.9 Å². The molecule has 1 aliphatic heterocycles. The van der Waals surface area contributed by atoms with Crippen LogP contribution in [0.2, 0.25) is 0 Å². The number of amides is 2. The molecule has 2 amide bonds. The number of aromatic nitrogens is 1. The van der Waals surface area contributed by atoms with Crippen molar-refractivity contribution in [2.75, 3.05) is 0 Å². The lowest BCUT2D eigenvalue weighted by molar-refractivity contribution is -0.116. The van der Waals surface area contributed by atoms with Crippen molar-refractivity contribution in [1.82, 2.24) is 10.3 Å². The highest BCUT2D eigenvalue weighted by molar-refractivity contribution is 6.07. The van der Waals surface area contributed by atoms with Gasteiger partial charge in [0.05, 0.1) is 0 Å². The van der Waals surface area contributed by atoms with Crippen molar-refractivity contribution in [2.24, 2.45) is 0 Å². The molecule has 6 nitrogen and oxygen atoms in total. The molecule has 4 rings (SSSR count). The third kappa shape index (κ3) is 3.68. The van der Waals surface area contributed by atoms with E-state index in [1.165, 1.54) is 18.2 Å². The van der Waals surface area contributed by atoms with E-state index in [2.05, 4.69) is 4.98 Å². The van der Waals surface area contributed by atoms with E-state index < -0.39 is 29.0 Å². The van der Waals surface area contributed by atoms with Crippen LogP contribution < -0.4 is 10.9 Å². The van der Waals surface area contributed by atoms with Crippen LogP contribution in [0.3, 0.4) is 0 Å². The number of rotatable bonds is 5. The van der Waals surface area contributed by atoms with Crippen LogP contribution in [-0.4, -0.2) is 17.0 Å². The minimum absolute atomic E-state index is 0.138. The maximum Gasteiger partial charge on any atom is 0.419 e. The zero-order chi connectivity index (χ0) is 23.0. The van der Waals surface area contributed by atoms with Crippen LogP contribution in [0, 0.1) is 11.6 Å². The number of benzene rings is 2. The van der Waals surface area contributed by atoms with Gasteiger partial charge >= 0.3 is 6.09 Å². The molecule has 8 heteroatoms. The number of hydrogen-bond acceptors (Lipinski definition) is 4. The van der Waals surface area contributed by atoms with Gasteiger partial charge in [-0.05, 0) is 48.1 Å². The van der Waals surface area contributed by atoms with E-state index in [4.69, 9.17) is 4.74 Å². The summed E-state index contributed by atoms with van der Waals surface area (Å²) >= 11 is 0. The van der Waals surface area contributed by atoms with Crippen molar-refractivity contribution in [2.45, 2.75) is 32.1 Å². The summed E-state index contributed by atoms with van der Waals surface area (Å²) < 4.78 is 32.5. The van der Waals surface area contributed by atoms with Gasteiger partial charge in [0.25, 0.3) is 11.5 Å². The zero-order valence-electron chi connectivity index (χ0n) is 17.4. The summed E-state index contributed by atoms with van der Waals surface area (Å²) in [5.74, 6) is -2.13. The van der Waals surface area contributed by atoms with Crippen molar-refractivity contribution in [3.63, 3.8) is 0 Å². The van der Waals surface area contributed by atoms with Crippen molar-refractivity contribution in [3.05, 3.63) is 81.9 Å². The number of fused-ring (bicyclic) bond motifs is 1. The average molecular weight is 438 g/mol. The SMILES string of the molecule is CCC(/C=C1\OC(=O)NC1=O)(CC)c1ccc(-c2ccc3c(F)cc(F)cc3c2)[nH]c1=O. The largest absolute Gasteiger partial charge is 0.419 e. The highest BCUT2D eigenvalue weighted by Crippen LogP contribution is 2.34. The van der Waals surface area contributed by atoms with Gasteiger partial charge in [-0.2, -0.15) is 0 Å². The quantitative estimate of drug-likeness (QED) is 0.566. The van der Waals surface area contributed by atoms with Gasteiger partial charge in [0.2, 0.25) is 0 Å². The third-order valence-corrected chi connectivity index (χ3v) is 5.93. The molecule has 0 bridgehead atoms. The fourth-order valence-electron chi connectivity index (χ4n) is 4.08. The van der Waals surface area contributed by atoms with Crippen molar-refractivity contribution in [1.29, 1.82) is 0 Å². The van der Waals surface area contributed by atoms with Crippen LogP contribution in [0.5, 0.6) is 0 Å². The summed E-state index contributed by atoms with van der Waals surface area (Å²) in [6.07, 6.45) is 1.62. The van der Waals surface area contributed by atoms with E-state index in [0.717, 1.165) is 6.07 Å². The number of halogens is 2. The molecule has 0 radical (unpaired) electrons. The highest BCUT2D eigenvalue weighted by Gasteiger charge is 2.35. The van der Waals surface area contributed by atoms with Gasteiger partial charge in [-0.3, -0.25) is 14.9 Å². The summed E-state index contributed by atoms with van der Waals surface area (Å²) in [7, 11) is 0. The molecule has 0 unspecified atom stereocenters. The van der Waals surface area contributed by atoms with Crippen molar-refractivity contribution >= 4 is 22.8 Å². The fourth-order valence-corrected chi connectivity index (χ4v) is 4.08. The summed E-state index contributed by atoms with van der Waals surface area (Å²) in [5.41, 5.74) is 0.265. The Morgan fingerprint density at radius 3 is 2.38 bits per heavy atom. The Morgan fingerprint density at radius 2 is 1.75 bits per heavy atom. The Morgan fingerprint density at radius 1 is 1.00 bits per heavy atom. The number of aromatic amines is 1. The first-order valence-corrected chi connectivity index (χ1v) is 10.2. The van der Waals surface area contributed by atoms with Gasteiger partial charge in [0.1, 0.15) is 11.6 Å². The molecule has 2 aromatic carbocycles. The van der Waals surface area contributed by atoms with E-state index in [1.54, 1.807) is 24.3 Å². The average Bonchev–Trinajstić information content (AvgIpc) is 3.08. The number of alkyl carbamates (subject to hydrolysis) is 1.